The average Bonchev–Trinajstić information content (AvgIpc) is 3.13. The number of halogens is 1. The lowest BCUT2D eigenvalue weighted by Crippen LogP contribution is -2.52. The number of amides is 1. The fourth-order valence-electron chi connectivity index (χ4n) is 2.60. The van der Waals surface area contributed by atoms with E-state index in [1.54, 1.807) is 0 Å². The quantitative estimate of drug-likeness (QED) is 0.251. The SMILES string of the molecule is CCNC(=NCCNC(=O)C(C)C)N1CCN(c2nc(CC)ns2)CC1.I. The average molecular weight is 509 g/mol. The summed E-state index contributed by atoms with van der Waals surface area (Å²) in [6.07, 6.45) is 0.876. The van der Waals surface area contributed by atoms with Crippen molar-refractivity contribution in [2.24, 2.45) is 10.9 Å². The minimum atomic E-state index is 0. The Balaban J connectivity index is 0.00000364. The van der Waals surface area contributed by atoms with Crippen molar-refractivity contribution < 1.29 is 4.79 Å². The van der Waals surface area contributed by atoms with Gasteiger partial charge < -0.3 is 20.4 Å². The van der Waals surface area contributed by atoms with Gasteiger partial charge in [0.15, 0.2) is 5.96 Å². The number of rotatable bonds is 7. The Morgan fingerprint density at radius 3 is 2.48 bits per heavy atom. The molecule has 27 heavy (non-hydrogen) atoms. The summed E-state index contributed by atoms with van der Waals surface area (Å²) in [7, 11) is 0. The van der Waals surface area contributed by atoms with E-state index in [9.17, 15) is 4.79 Å². The van der Waals surface area contributed by atoms with Crippen molar-refractivity contribution >= 4 is 52.5 Å². The van der Waals surface area contributed by atoms with Gasteiger partial charge in [-0.3, -0.25) is 9.79 Å². The van der Waals surface area contributed by atoms with Crippen LogP contribution >= 0.6 is 35.5 Å². The summed E-state index contributed by atoms with van der Waals surface area (Å²) >= 11 is 1.48. The number of aryl methyl sites for hydroxylation is 1. The summed E-state index contributed by atoms with van der Waals surface area (Å²) in [5.74, 6) is 1.92. The van der Waals surface area contributed by atoms with Gasteiger partial charge in [0.25, 0.3) is 0 Å². The van der Waals surface area contributed by atoms with Crippen LogP contribution in [0, 0.1) is 5.92 Å². The maximum atomic E-state index is 11.6. The number of anilines is 1. The summed E-state index contributed by atoms with van der Waals surface area (Å²) in [5, 5.41) is 7.27. The molecule has 2 rings (SSSR count). The van der Waals surface area contributed by atoms with Gasteiger partial charge in [0, 0.05) is 63.1 Å². The number of carbonyl (C=O) groups excluding carboxylic acids is 1. The Morgan fingerprint density at radius 2 is 1.93 bits per heavy atom. The molecule has 10 heteroatoms. The van der Waals surface area contributed by atoms with Crippen LogP contribution in [-0.2, 0) is 11.2 Å². The monoisotopic (exact) mass is 509 g/mol. The van der Waals surface area contributed by atoms with E-state index in [2.05, 4.69) is 48.6 Å². The first-order valence-corrected chi connectivity index (χ1v) is 10.2. The number of aliphatic imine (C=N–C) groups is 1. The number of nitrogens with one attached hydrogen (secondary N) is 2. The van der Waals surface area contributed by atoms with E-state index >= 15 is 0 Å². The lowest BCUT2D eigenvalue weighted by molar-refractivity contribution is -0.123. The van der Waals surface area contributed by atoms with Crippen molar-refractivity contribution in [3.63, 3.8) is 0 Å². The third-order valence-electron chi connectivity index (χ3n) is 4.16. The normalized spacial score (nSPS) is 14.9. The first-order chi connectivity index (χ1) is 12.5. The molecule has 0 saturated carbocycles. The summed E-state index contributed by atoms with van der Waals surface area (Å²) in [5.41, 5.74) is 0. The van der Waals surface area contributed by atoms with Crippen LogP contribution in [-0.4, -0.2) is 71.9 Å². The third-order valence-corrected chi connectivity index (χ3v) is 4.97. The zero-order valence-electron chi connectivity index (χ0n) is 16.7. The zero-order chi connectivity index (χ0) is 18.9. The highest BCUT2D eigenvalue weighted by atomic mass is 127. The van der Waals surface area contributed by atoms with Crippen molar-refractivity contribution in [1.29, 1.82) is 0 Å². The van der Waals surface area contributed by atoms with Gasteiger partial charge in [0.2, 0.25) is 11.0 Å². The second kappa shape index (κ2) is 12.3. The molecule has 1 aromatic heterocycles. The van der Waals surface area contributed by atoms with Crippen LogP contribution in [0.5, 0.6) is 0 Å². The molecule has 1 aliphatic rings. The van der Waals surface area contributed by atoms with Crippen LogP contribution < -0.4 is 15.5 Å². The second-order valence-electron chi connectivity index (χ2n) is 6.50. The summed E-state index contributed by atoms with van der Waals surface area (Å²) in [6, 6.07) is 0. The van der Waals surface area contributed by atoms with Gasteiger partial charge in [-0.1, -0.05) is 20.8 Å². The topological polar surface area (TPSA) is 85.8 Å². The Bertz CT molecular complexity index is 600. The van der Waals surface area contributed by atoms with Gasteiger partial charge in [-0.25, -0.2) is 4.98 Å². The van der Waals surface area contributed by atoms with E-state index in [0.29, 0.717) is 13.1 Å². The van der Waals surface area contributed by atoms with Crippen LogP contribution in [0.3, 0.4) is 0 Å². The molecule has 8 nitrogen and oxygen atoms in total. The van der Waals surface area contributed by atoms with E-state index in [0.717, 1.165) is 56.1 Å². The molecule has 1 fully saturated rings. The molecule has 0 radical (unpaired) electrons. The van der Waals surface area contributed by atoms with E-state index in [4.69, 9.17) is 0 Å². The Labute approximate surface area is 183 Å². The van der Waals surface area contributed by atoms with Gasteiger partial charge in [-0.2, -0.15) is 4.37 Å². The molecule has 2 heterocycles. The highest BCUT2D eigenvalue weighted by Crippen LogP contribution is 2.19. The molecule has 1 aromatic rings. The van der Waals surface area contributed by atoms with Crippen LogP contribution in [0.1, 0.15) is 33.5 Å². The van der Waals surface area contributed by atoms with Crippen LogP contribution in [0.25, 0.3) is 0 Å². The third kappa shape index (κ3) is 7.40. The largest absolute Gasteiger partial charge is 0.357 e. The number of piperazine rings is 1. The highest BCUT2D eigenvalue weighted by Gasteiger charge is 2.22. The number of hydrogen-bond donors (Lipinski definition) is 2. The zero-order valence-corrected chi connectivity index (χ0v) is 19.8. The van der Waals surface area contributed by atoms with Crippen molar-refractivity contribution in [3.8, 4) is 0 Å². The number of aromatic nitrogens is 2. The summed E-state index contributed by atoms with van der Waals surface area (Å²) in [4.78, 5) is 25.4. The smallest absolute Gasteiger partial charge is 0.222 e. The number of guanidine groups is 1. The Kier molecular flexibility index (Phi) is 10.9. The lowest BCUT2D eigenvalue weighted by atomic mass is 10.2. The predicted octanol–water partition coefficient (Wildman–Crippen LogP) is 1.58. The first-order valence-electron chi connectivity index (χ1n) is 9.43. The molecular formula is C17H32IN7OS. The second-order valence-corrected chi connectivity index (χ2v) is 7.23. The fraction of sp³-hybridized carbons (Fsp3) is 0.765. The van der Waals surface area contributed by atoms with Gasteiger partial charge in [0.1, 0.15) is 5.82 Å². The summed E-state index contributed by atoms with van der Waals surface area (Å²) < 4.78 is 4.37. The lowest BCUT2D eigenvalue weighted by Gasteiger charge is -2.36. The van der Waals surface area contributed by atoms with Crippen LogP contribution in [0.4, 0.5) is 5.13 Å². The van der Waals surface area contributed by atoms with E-state index in [1.165, 1.54) is 11.5 Å². The number of nitrogens with zero attached hydrogens (tertiary/aromatic N) is 5. The maximum absolute atomic E-state index is 11.6. The maximum Gasteiger partial charge on any atom is 0.222 e. The molecule has 0 aliphatic carbocycles. The van der Waals surface area contributed by atoms with Crippen molar-refractivity contribution in [3.05, 3.63) is 5.82 Å². The molecule has 2 N–H and O–H groups in total. The molecule has 154 valence electrons. The molecule has 0 atom stereocenters. The van der Waals surface area contributed by atoms with E-state index in [-0.39, 0.29) is 35.8 Å². The standard InChI is InChI=1S/C17H31N7OS.HI/c1-5-14-21-17(26-22-14)24-11-9-23(10-12-24)16(18-6-2)20-8-7-19-15(25)13(3)4;/h13H,5-12H2,1-4H3,(H,18,20)(H,19,25);1H. The predicted molar refractivity (Wildman–Crippen MR) is 122 cm³/mol. The van der Waals surface area contributed by atoms with Crippen LogP contribution in [0.2, 0.25) is 0 Å². The molecule has 1 aliphatic heterocycles. The molecule has 1 amide bonds. The van der Waals surface area contributed by atoms with Gasteiger partial charge in [-0.05, 0) is 6.92 Å². The van der Waals surface area contributed by atoms with Crippen molar-refractivity contribution in [2.45, 2.75) is 34.1 Å². The minimum Gasteiger partial charge on any atom is -0.357 e. The molecule has 0 unspecified atom stereocenters. The molecule has 0 aromatic carbocycles. The Hall–Kier alpha value is -1.17. The first kappa shape index (κ1) is 23.9. The van der Waals surface area contributed by atoms with E-state index < -0.39 is 0 Å². The summed E-state index contributed by atoms with van der Waals surface area (Å²) in [6.45, 7) is 13.5. The van der Waals surface area contributed by atoms with Crippen molar-refractivity contribution in [2.75, 3.05) is 50.7 Å². The van der Waals surface area contributed by atoms with Crippen LogP contribution in [0.15, 0.2) is 4.99 Å². The molecule has 0 spiro atoms. The number of hydrogen-bond acceptors (Lipinski definition) is 6. The fourth-order valence-corrected chi connectivity index (χ4v) is 3.40. The van der Waals surface area contributed by atoms with Crippen molar-refractivity contribution in [1.82, 2.24) is 24.9 Å². The minimum absolute atomic E-state index is 0. The van der Waals surface area contributed by atoms with Gasteiger partial charge >= 0.3 is 0 Å². The highest BCUT2D eigenvalue weighted by molar-refractivity contribution is 14.0. The van der Waals surface area contributed by atoms with E-state index in [1.807, 2.05) is 13.8 Å². The molecular weight excluding hydrogens is 477 g/mol. The Morgan fingerprint density at radius 1 is 1.22 bits per heavy atom. The number of carbonyl (C=O) groups is 1. The van der Waals surface area contributed by atoms with Gasteiger partial charge in [-0.15, -0.1) is 24.0 Å². The molecule has 1 saturated heterocycles. The molecule has 0 bridgehead atoms. The van der Waals surface area contributed by atoms with Gasteiger partial charge in [0.05, 0.1) is 6.54 Å².